The molecule has 132 valence electrons. The van der Waals surface area contributed by atoms with Crippen LogP contribution in [-0.2, 0) is 14.3 Å². The molecule has 0 heterocycles. The van der Waals surface area contributed by atoms with Crippen LogP contribution in [0.25, 0.3) is 0 Å². The fraction of sp³-hybridized carbons (Fsp3) is 0.471. The van der Waals surface area contributed by atoms with Crippen molar-refractivity contribution >= 4 is 34.9 Å². The average Bonchev–Trinajstić information content (AvgIpc) is 2.55. The Morgan fingerprint density at radius 1 is 1.12 bits per heavy atom. The molecule has 0 aliphatic rings. The van der Waals surface area contributed by atoms with Gasteiger partial charge in [0.2, 0.25) is 5.91 Å². The van der Waals surface area contributed by atoms with Gasteiger partial charge in [-0.15, -0.1) is 0 Å². The van der Waals surface area contributed by atoms with E-state index in [2.05, 4.69) is 17.6 Å². The Balaban J connectivity index is 2.33. The first-order chi connectivity index (χ1) is 11.5. The van der Waals surface area contributed by atoms with Gasteiger partial charge < -0.3 is 20.1 Å². The maximum absolute atomic E-state index is 11.7. The van der Waals surface area contributed by atoms with Gasteiger partial charge in [-0.3, -0.25) is 9.59 Å². The lowest BCUT2D eigenvalue weighted by Gasteiger charge is -2.10. The number of nitrogens with one attached hydrogen (secondary N) is 2. The van der Waals surface area contributed by atoms with Crippen molar-refractivity contribution in [3.8, 4) is 5.75 Å². The Morgan fingerprint density at radius 3 is 2.46 bits per heavy atom. The van der Waals surface area contributed by atoms with Gasteiger partial charge in [0.25, 0.3) is 0 Å². The zero-order valence-electron chi connectivity index (χ0n) is 14.1. The highest BCUT2D eigenvalue weighted by Crippen LogP contribution is 2.16. The molecule has 1 rings (SSSR count). The van der Waals surface area contributed by atoms with Crippen molar-refractivity contribution in [2.24, 2.45) is 0 Å². The molecule has 1 aromatic rings. The molecular formula is C17H24N2O4S. The molecule has 1 amide bonds. The van der Waals surface area contributed by atoms with Crippen molar-refractivity contribution in [2.75, 3.05) is 18.5 Å². The van der Waals surface area contributed by atoms with E-state index in [0.717, 1.165) is 24.3 Å². The number of carbonyl (C=O) groups is 2. The topological polar surface area (TPSA) is 76.7 Å². The number of ether oxygens (including phenoxy) is 2. The molecule has 0 saturated heterocycles. The lowest BCUT2D eigenvalue weighted by molar-refractivity contribution is -0.144. The molecule has 0 radical (unpaired) electrons. The number of rotatable bonds is 9. The molecule has 0 bridgehead atoms. The molecule has 0 aliphatic carbocycles. The van der Waals surface area contributed by atoms with Crippen LogP contribution in [0.3, 0.4) is 0 Å². The van der Waals surface area contributed by atoms with Gasteiger partial charge in [-0.25, -0.2) is 0 Å². The van der Waals surface area contributed by atoms with Gasteiger partial charge in [0.05, 0.1) is 19.6 Å². The SMILES string of the molecule is CCCCOc1ccc(NC(=S)NC(=O)CCC(=O)OCC)cc1. The Bertz CT molecular complexity index is 546. The summed E-state index contributed by atoms with van der Waals surface area (Å²) in [7, 11) is 0. The molecule has 0 aliphatic heterocycles. The summed E-state index contributed by atoms with van der Waals surface area (Å²) >= 11 is 5.07. The first-order valence-corrected chi connectivity index (χ1v) is 8.45. The van der Waals surface area contributed by atoms with Crippen LogP contribution < -0.4 is 15.4 Å². The minimum atomic E-state index is -0.398. The lowest BCUT2D eigenvalue weighted by atomic mass is 10.3. The van der Waals surface area contributed by atoms with Crippen molar-refractivity contribution in [2.45, 2.75) is 39.5 Å². The molecule has 0 saturated carbocycles. The van der Waals surface area contributed by atoms with E-state index in [-0.39, 0.29) is 23.9 Å². The zero-order chi connectivity index (χ0) is 17.8. The lowest BCUT2D eigenvalue weighted by Crippen LogP contribution is -2.34. The monoisotopic (exact) mass is 352 g/mol. The van der Waals surface area contributed by atoms with Crippen molar-refractivity contribution in [1.82, 2.24) is 5.32 Å². The first-order valence-electron chi connectivity index (χ1n) is 8.04. The van der Waals surface area contributed by atoms with E-state index in [9.17, 15) is 9.59 Å². The quantitative estimate of drug-likeness (QED) is 0.404. The smallest absolute Gasteiger partial charge is 0.306 e. The van der Waals surface area contributed by atoms with Gasteiger partial charge >= 0.3 is 5.97 Å². The van der Waals surface area contributed by atoms with Gasteiger partial charge in [-0.05, 0) is 49.8 Å². The summed E-state index contributed by atoms with van der Waals surface area (Å²) in [5, 5.41) is 5.62. The number of esters is 1. The van der Waals surface area contributed by atoms with E-state index in [1.807, 2.05) is 24.3 Å². The molecule has 0 unspecified atom stereocenters. The summed E-state index contributed by atoms with van der Waals surface area (Å²) in [5.74, 6) is 0.0589. The second kappa shape index (κ2) is 11.4. The Labute approximate surface area is 147 Å². The van der Waals surface area contributed by atoms with Crippen molar-refractivity contribution in [1.29, 1.82) is 0 Å². The van der Waals surface area contributed by atoms with Gasteiger partial charge in [-0.2, -0.15) is 0 Å². The summed E-state index contributed by atoms with van der Waals surface area (Å²) < 4.78 is 10.3. The number of hydrogen-bond donors (Lipinski definition) is 2. The molecule has 24 heavy (non-hydrogen) atoms. The van der Waals surface area contributed by atoms with E-state index in [4.69, 9.17) is 21.7 Å². The largest absolute Gasteiger partial charge is 0.494 e. The number of amides is 1. The molecule has 0 aromatic heterocycles. The third-order valence-electron chi connectivity index (χ3n) is 2.99. The van der Waals surface area contributed by atoms with E-state index in [0.29, 0.717) is 13.2 Å². The van der Waals surface area contributed by atoms with Crippen LogP contribution in [0.4, 0.5) is 5.69 Å². The Hall–Kier alpha value is -2.15. The number of anilines is 1. The number of hydrogen-bond acceptors (Lipinski definition) is 5. The molecule has 0 fully saturated rings. The molecule has 6 nitrogen and oxygen atoms in total. The zero-order valence-corrected chi connectivity index (χ0v) is 14.9. The van der Waals surface area contributed by atoms with Crippen molar-refractivity contribution in [3.05, 3.63) is 24.3 Å². The highest BCUT2D eigenvalue weighted by Gasteiger charge is 2.09. The fourth-order valence-electron chi connectivity index (χ4n) is 1.77. The number of unbranched alkanes of at least 4 members (excludes halogenated alkanes) is 1. The molecule has 2 N–H and O–H groups in total. The maximum atomic E-state index is 11.7. The summed E-state index contributed by atoms with van der Waals surface area (Å²) in [4.78, 5) is 22.9. The van der Waals surface area contributed by atoms with E-state index >= 15 is 0 Å². The summed E-state index contributed by atoms with van der Waals surface area (Å²) in [6.07, 6.45) is 2.17. The molecule has 0 atom stereocenters. The Morgan fingerprint density at radius 2 is 1.83 bits per heavy atom. The standard InChI is InChI=1S/C17H24N2O4S/c1-3-5-12-23-14-8-6-13(7-9-14)18-17(24)19-15(20)10-11-16(21)22-4-2/h6-9H,3-5,10-12H2,1-2H3,(H2,18,19,20,24). The summed E-state index contributed by atoms with van der Waals surface area (Å²) in [5.41, 5.74) is 0.744. The first kappa shape index (κ1) is 19.9. The van der Waals surface area contributed by atoms with E-state index < -0.39 is 5.97 Å². The van der Waals surface area contributed by atoms with E-state index in [1.54, 1.807) is 6.92 Å². The van der Waals surface area contributed by atoms with Crippen molar-refractivity contribution < 1.29 is 19.1 Å². The molecule has 1 aromatic carbocycles. The van der Waals surface area contributed by atoms with E-state index in [1.165, 1.54) is 0 Å². The van der Waals surface area contributed by atoms with Crippen LogP contribution in [0.5, 0.6) is 5.75 Å². The van der Waals surface area contributed by atoms with Crippen LogP contribution in [0.15, 0.2) is 24.3 Å². The van der Waals surface area contributed by atoms with Crippen molar-refractivity contribution in [3.63, 3.8) is 0 Å². The van der Waals surface area contributed by atoms with Gasteiger partial charge in [0.15, 0.2) is 5.11 Å². The third kappa shape index (κ3) is 8.47. The van der Waals surface area contributed by atoms with Gasteiger partial charge in [0, 0.05) is 12.1 Å². The van der Waals surface area contributed by atoms with Crippen LogP contribution in [0.1, 0.15) is 39.5 Å². The number of thiocarbonyl (C=S) groups is 1. The minimum Gasteiger partial charge on any atom is -0.494 e. The van der Waals surface area contributed by atoms with Crippen LogP contribution in [0.2, 0.25) is 0 Å². The maximum Gasteiger partial charge on any atom is 0.306 e. The predicted octanol–water partition coefficient (Wildman–Crippen LogP) is 3.02. The van der Waals surface area contributed by atoms with Gasteiger partial charge in [0.1, 0.15) is 5.75 Å². The third-order valence-corrected chi connectivity index (χ3v) is 3.20. The number of carbonyl (C=O) groups excluding carboxylic acids is 2. The average molecular weight is 352 g/mol. The van der Waals surface area contributed by atoms with Crippen LogP contribution in [-0.4, -0.2) is 30.2 Å². The second-order valence-corrected chi connectivity index (χ2v) is 5.44. The normalized spacial score (nSPS) is 9.92. The Kier molecular flexibility index (Phi) is 9.45. The summed E-state index contributed by atoms with van der Waals surface area (Å²) in [6.45, 7) is 4.83. The summed E-state index contributed by atoms with van der Waals surface area (Å²) in [6, 6.07) is 7.31. The molecular weight excluding hydrogens is 328 g/mol. The van der Waals surface area contributed by atoms with Gasteiger partial charge in [-0.1, -0.05) is 13.3 Å². The fourth-order valence-corrected chi connectivity index (χ4v) is 2.00. The second-order valence-electron chi connectivity index (χ2n) is 5.03. The highest BCUT2D eigenvalue weighted by atomic mass is 32.1. The molecule has 0 spiro atoms. The molecule has 7 heteroatoms. The highest BCUT2D eigenvalue weighted by molar-refractivity contribution is 7.80. The van der Waals surface area contributed by atoms with Crippen LogP contribution >= 0.6 is 12.2 Å². The minimum absolute atomic E-state index is 0.0326. The van der Waals surface area contributed by atoms with Crippen LogP contribution in [0, 0.1) is 0 Å². The predicted molar refractivity (Wildman–Crippen MR) is 97.1 cm³/mol. The number of benzene rings is 1.